The SMILES string of the molecule is CCCCC/C=C\C/C=C\C/C=C\C/C=C\CCCCCCCC(=O)OCC(O)COP(=O)(O)OCC(NC(=O)CCCCCCCCC/C=C\CCCCCCCCC)C(=O)O. The lowest BCUT2D eigenvalue weighted by Crippen LogP contribution is -2.43. The van der Waals surface area contributed by atoms with Crippen LogP contribution in [0.4, 0.5) is 0 Å². The van der Waals surface area contributed by atoms with Gasteiger partial charge >= 0.3 is 19.8 Å². The number of aliphatic hydroxyl groups excluding tert-OH is 1. The molecular formula is C51H90NO10P. The number of carboxylic acid groups (broad SMARTS) is 1. The lowest BCUT2D eigenvalue weighted by atomic mass is 10.1. The smallest absolute Gasteiger partial charge is 0.472 e. The van der Waals surface area contributed by atoms with Crippen LogP contribution in [0.1, 0.15) is 213 Å². The number of aliphatic hydroxyl groups is 1. The maximum atomic E-state index is 12.3. The zero-order valence-corrected chi connectivity index (χ0v) is 40.5. The molecule has 364 valence electrons. The van der Waals surface area contributed by atoms with E-state index in [0.29, 0.717) is 12.8 Å². The van der Waals surface area contributed by atoms with Gasteiger partial charge in [-0.05, 0) is 83.5 Å². The van der Waals surface area contributed by atoms with Crippen molar-refractivity contribution in [3.63, 3.8) is 0 Å². The van der Waals surface area contributed by atoms with Crippen LogP contribution in [-0.2, 0) is 32.7 Å². The second kappa shape index (κ2) is 45.7. The Morgan fingerprint density at radius 1 is 0.508 bits per heavy atom. The van der Waals surface area contributed by atoms with E-state index in [2.05, 4.69) is 79.9 Å². The number of ether oxygens (including phenoxy) is 1. The van der Waals surface area contributed by atoms with Gasteiger partial charge in [0.15, 0.2) is 6.04 Å². The molecule has 63 heavy (non-hydrogen) atoms. The fourth-order valence-corrected chi connectivity index (χ4v) is 7.42. The molecule has 0 heterocycles. The number of hydrogen-bond acceptors (Lipinski definition) is 8. The minimum absolute atomic E-state index is 0.138. The van der Waals surface area contributed by atoms with Crippen molar-refractivity contribution in [3.05, 3.63) is 60.8 Å². The van der Waals surface area contributed by atoms with Gasteiger partial charge in [-0.25, -0.2) is 9.36 Å². The Balaban J connectivity index is 3.89. The molecule has 0 bridgehead atoms. The Hall–Kier alpha value is -2.82. The van der Waals surface area contributed by atoms with Crippen molar-refractivity contribution < 1.29 is 47.8 Å². The number of aliphatic carboxylic acids is 1. The second-order valence-electron chi connectivity index (χ2n) is 16.6. The zero-order chi connectivity index (χ0) is 46.3. The van der Waals surface area contributed by atoms with Gasteiger partial charge in [-0.3, -0.25) is 18.6 Å². The van der Waals surface area contributed by atoms with E-state index in [-0.39, 0.29) is 12.8 Å². The van der Waals surface area contributed by atoms with Gasteiger partial charge in [0.25, 0.3) is 0 Å². The van der Waals surface area contributed by atoms with Crippen molar-refractivity contribution in [2.45, 2.75) is 225 Å². The quantitative estimate of drug-likeness (QED) is 0.0200. The number of nitrogens with one attached hydrogen (secondary N) is 1. The van der Waals surface area contributed by atoms with Gasteiger partial charge < -0.3 is 25.2 Å². The summed E-state index contributed by atoms with van der Waals surface area (Å²) in [5.74, 6) is -2.40. The predicted molar refractivity (Wildman–Crippen MR) is 258 cm³/mol. The standard InChI is InChI=1S/C51H90NO10P/c1-3-5-7-9-11-13-15-17-19-21-23-24-25-27-29-31-33-35-37-39-41-43-50(55)60-44-47(53)45-61-63(58,59)62-46-48(51(56)57)52-49(54)42-40-38-36-34-32-30-28-26-22-20-18-16-14-12-10-8-6-4-2/h11,13,17,19-20,22-24,27,29,47-48,53H,3-10,12,14-16,18,21,25-26,28,30-46H2,1-2H3,(H,52,54)(H,56,57)(H,58,59)/b13-11-,19-17-,22-20-,24-23-,29-27-. The van der Waals surface area contributed by atoms with Gasteiger partial charge in [-0.1, -0.05) is 177 Å². The molecule has 0 rings (SSSR count). The van der Waals surface area contributed by atoms with E-state index in [1.165, 1.54) is 89.9 Å². The molecule has 1 amide bonds. The molecular weight excluding hydrogens is 818 g/mol. The number of carbonyl (C=O) groups is 3. The molecule has 0 spiro atoms. The lowest BCUT2D eigenvalue weighted by molar-refractivity contribution is -0.147. The Bertz CT molecular complexity index is 1300. The van der Waals surface area contributed by atoms with Crippen LogP contribution in [-0.4, -0.2) is 64.9 Å². The highest BCUT2D eigenvalue weighted by Crippen LogP contribution is 2.43. The van der Waals surface area contributed by atoms with Crippen molar-refractivity contribution in [1.29, 1.82) is 0 Å². The molecule has 0 saturated carbocycles. The Morgan fingerprint density at radius 3 is 1.35 bits per heavy atom. The van der Waals surface area contributed by atoms with Crippen LogP contribution < -0.4 is 5.32 Å². The zero-order valence-electron chi connectivity index (χ0n) is 39.6. The number of carbonyl (C=O) groups excluding carboxylic acids is 2. The molecule has 0 aromatic rings. The summed E-state index contributed by atoms with van der Waals surface area (Å²) in [6, 6.07) is -1.55. The topological polar surface area (TPSA) is 169 Å². The highest BCUT2D eigenvalue weighted by molar-refractivity contribution is 7.47. The largest absolute Gasteiger partial charge is 0.480 e. The van der Waals surface area contributed by atoms with E-state index < -0.39 is 57.6 Å². The van der Waals surface area contributed by atoms with E-state index >= 15 is 0 Å². The first kappa shape index (κ1) is 60.2. The molecule has 0 aromatic heterocycles. The minimum Gasteiger partial charge on any atom is -0.480 e. The van der Waals surface area contributed by atoms with E-state index in [1.807, 2.05) is 0 Å². The summed E-state index contributed by atoms with van der Waals surface area (Å²) in [5, 5.41) is 21.9. The predicted octanol–water partition coefficient (Wildman–Crippen LogP) is 13.5. The monoisotopic (exact) mass is 908 g/mol. The van der Waals surface area contributed by atoms with Crippen LogP contribution in [0.5, 0.6) is 0 Å². The maximum absolute atomic E-state index is 12.3. The molecule has 11 nitrogen and oxygen atoms in total. The third-order valence-corrected chi connectivity index (χ3v) is 11.5. The van der Waals surface area contributed by atoms with Crippen molar-refractivity contribution in [2.24, 2.45) is 0 Å². The molecule has 0 fully saturated rings. The normalized spacial score (nSPS) is 14.1. The number of carboxylic acids is 1. The van der Waals surface area contributed by atoms with Gasteiger partial charge in [0.1, 0.15) is 12.7 Å². The molecule has 0 aliphatic rings. The highest BCUT2D eigenvalue weighted by atomic mass is 31.2. The van der Waals surface area contributed by atoms with E-state index in [9.17, 15) is 34.1 Å². The number of rotatable bonds is 46. The fraction of sp³-hybridized carbons (Fsp3) is 0.745. The lowest BCUT2D eigenvalue weighted by Gasteiger charge is -2.18. The van der Waals surface area contributed by atoms with E-state index in [0.717, 1.165) is 83.5 Å². The third-order valence-electron chi connectivity index (χ3n) is 10.5. The Morgan fingerprint density at radius 2 is 0.873 bits per heavy atom. The van der Waals surface area contributed by atoms with Gasteiger partial charge in [-0.15, -0.1) is 0 Å². The molecule has 3 unspecified atom stereocenters. The fourth-order valence-electron chi connectivity index (χ4n) is 6.65. The van der Waals surface area contributed by atoms with E-state index in [4.69, 9.17) is 13.8 Å². The van der Waals surface area contributed by atoms with E-state index in [1.54, 1.807) is 0 Å². The van der Waals surface area contributed by atoms with Crippen molar-refractivity contribution in [3.8, 4) is 0 Å². The van der Waals surface area contributed by atoms with Crippen LogP contribution in [0.3, 0.4) is 0 Å². The van der Waals surface area contributed by atoms with Crippen LogP contribution in [0, 0.1) is 0 Å². The molecule has 12 heteroatoms. The number of hydrogen-bond donors (Lipinski definition) is 4. The van der Waals surface area contributed by atoms with Crippen LogP contribution in [0.25, 0.3) is 0 Å². The Labute approximate surface area is 383 Å². The highest BCUT2D eigenvalue weighted by Gasteiger charge is 2.28. The molecule has 4 N–H and O–H groups in total. The summed E-state index contributed by atoms with van der Waals surface area (Å²) >= 11 is 0. The molecule has 0 radical (unpaired) electrons. The molecule has 0 aromatic carbocycles. The summed E-state index contributed by atoms with van der Waals surface area (Å²) in [7, 11) is -4.77. The first-order valence-corrected chi connectivity index (χ1v) is 26.3. The van der Waals surface area contributed by atoms with Crippen LogP contribution in [0.15, 0.2) is 60.8 Å². The summed E-state index contributed by atoms with van der Waals surface area (Å²) in [6.07, 6.45) is 53.8. The first-order valence-electron chi connectivity index (χ1n) is 24.8. The average molecular weight is 908 g/mol. The van der Waals surface area contributed by atoms with Gasteiger partial charge in [-0.2, -0.15) is 0 Å². The Kier molecular flexibility index (Phi) is 43.7. The molecule has 3 atom stereocenters. The van der Waals surface area contributed by atoms with Crippen LogP contribution in [0.2, 0.25) is 0 Å². The number of phosphoric acid groups is 1. The van der Waals surface area contributed by atoms with Crippen molar-refractivity contribution in [2.75, 3.05) is 19.8 Å². The molecule has 0 aliphatic heterocycles. The summed E-state index contributed by atoms with van der Waals surface area (Å²) < 4.78 is 26.9. The second-order valence-corrected chi connectivity index (χ2v) is 18.1. The minimum atomic E-state index is -4.77. The van der Waals surface area contributed by atoms with Gasteiger partial charge in [0.05, 0.1) is 13.2 Å². The maximum Gasteiger partial charge on any atom is 0.472 e. The van der Waals surface area contributed by atoms with Crippen molar-refractivity contribution >= 4 is 25.7 Å². The number of allylic oxidation sites excluding steroid dienone is 10. The molecule has 0 saturated heterocycles. The average Bonchev–Trinajstić information content (AvgIpc) is 3.26. The first-order chi connectivity index (χ1) is 30.6. The number of phosphoric ester groups is 1. The summed E-state index contributed by atoms with van der Waals surface area (Å²) in [4.78, 5) is 46.1. The van der Waals surface area contributed by atoms with Crippen molar-refractivity contribution in [1.82, 2.24) is 5.32 Å². The molecule has 0 aliphatic carbocycles. The summed E-state index contributed by atoms with van der Waals surface area (Å²) in [6.45, 7) is 2.56. The number of unbranched alkanes of at least 4 members (excludes halogenated alkanes) is 22. The van der Waals surface area contributed by atoms with Gasteiger partial charge in [0, 0.05) is 12.8 Å². The van der Waals surface area contributed by atoms with Crippen LogP contribution >= 0.6 is 7.82 Å². The van der Waals surface area contributed by atoms with Gasteiger partial charge in [0.2, 0.25) is 5.91 Å². The number of esters is 1. The third kappa shape index (κ3) is 45.5. The number of amides is 1. The summed E-state index contributed by atoms with van der Waals surface area (Å²) in [5.41, 5.74) is 0.